The number of carbonyl (C=O) groups is 4. The van der Waals surface area contributed by atoms with Crippen molar-refractivity contribution in [1.29, 1.82) is 0 Å². The molecule has 70 heavy (non-hydrogen) atoms. The number of ether oxygens (including phenoxy) is 2. The van der Waals surface area contributed by atoms with Crippen molar-refractivity contribution in [2.45, 2.75) is 116 Å². The molecule has 3 unspecified atom stereocenters. The molecule has 0 radical (unpaired) electrons. The number of nitrogens with zero attached hydrogens (tertiary/aromatic N) is 6. The summed E-state index contributed by atoms with van der Waals surface area (Å²) in [7, 11) is 2.70. The van der Waals surface area contributed by atoms with Crippen LogP contribution in [0.15, 0.2) is 108 Å². The number of aromatic nitrogens is 4. The molecule has 0 saturated carbocycles. The number of hydrogen-bond donors (Lipinski definition) is 2. The molecule has 18 heteroatoms. The van der Waals surface area contributed by atoms with Crippen LogP contribution in [-0.4, -0.2) is 101 Å². The fourth-order valence-electron chi connectivity index (χ4n) is 8.80. The van der Waals surface area contributed by atoms with E-state index in [2.05, 4.69) is 47.0 Å². The lowest BCUT2D eigenvalue weighted by Gasteiger charge is -2.38. The summed E-state index contributed by atoms with van der Waals surface area (Å²) in [6.07, 6.45) is 1.34. The number of amides is 4. The quantitative estimate of drug-likeness (QED) is 0.0667. The Kier molecular flexibility index (Phi) is 16.5. The fraction of sp³-hybridized carbons (Fsp3) is 0.423. The maximum Gasteiger partial charge on any atom is 0.408 e. The van der Waals surface area contributed by atoms with Crippen molar-refractivity contribution in [2.24, 2.45) is 0 Å². The Hall–Kier alpha value is -5.56. The minimum absolute atomic E-state index is 0.159. The molecule has 2 aliphatic heterocycles. The monoisotopic (exact) mass is 1020 g/mol. The average Bonchev–Trinajstić information content (AvgIpc) is 4.17. The van der Waals surface area contributed by atoms with E-state index in [-0.39, 0.29) is 35.4 Å². The van der Waals surface area contributed by atoms with Crippen LogP contribution in [0.3, 0.4) is 0 Å². The number of nitrogens with one attached hydrogen (secondary N) is 2. The Labute approximate surface area is 426 Å². The van der Waals surface area contributed by atoms with Crippen LogP contribution >= 0.6 is 44.3 Å². The number of benzene rings is 2. The summed E-state index contributed by atoms with van der Waals surface area (Å²) in [5.74, 6) is -0.165. The molecule has 8 rings (SSSR count). The van der Waals surface area contributed by atoms with Crippen molar-refractivity contribution in [3.05, 3.63) is 130 Å². The highest BCUT2D eigenvalue weighted by Crippen LogP contribution is 2.37. The molecule has 4 atom stereocenters. The lowest BCUT2D eigenvalue weighted by molar-refractivity contribution is -0.137. The summed E-state index contributed by atoms with van der Waals surface area (Å²) >= 11 is 3.24. The summed E-state index contributed by atoms with van der Waals surface area (Å²) in [6, 6.07) is 30.1. The van der Waals surface area contributed by atoms with Crippen LogP contribution in [0.5, 0.6) is 0 Å². The molecule has 0 fully saturated rings. The van der Waals surface area contributed by atoms with Crippen LogP contribution in [0, 0.1) is 0 Å². The molecule has 4 amide bonds. The SMILES string of the molecule is CC(C)(C)OC(=O)NC(CSSC[C@H](NC(=O)OC(C)(C)C)C(=O)N1CCn2nc(-c3cccs3)cc2C1CCc1ccccc1)C(=O)N1CCn2nc(-c3cccs3)cc2C1CCc1ccccc1. The maximum absolute atomic E-state index is 15.0. The second-order valence-corrected chi connectivity index (χ2v) is 23.9. The van der Waals surface area contributed by atoms with Gasteiger partial charge in [0.05, 0.1) is 46.3 Å². The topological polar surface area (TPSA) is 153 Å². The van der Waals surface area contributed by atoms with Crippen molar-refractivity contribution in [1.82, 2.24) is 40.0 Å². The third kappa shape index (κ3) is 13.2. The van der Waals surface area contributed by atoms with Crippen LogP contribution in [0.1, 0.15) is 89.0 Å². The Balaban J connectivity index is 1.03. The molecule has 2 aromatic carbocycles. The summed E-state index contributed by atoms with van der Waals surface area (Å²) < 4.78 is 15.4. The number of thiophene rings is 2. The summed E-state index contributed by atoms with van der Waals surface area (Å²) in [5, 5.41) is 19.8. The molecule has 370 valence electrons. The van der Waals surface area contributed by atoms with Gasteiger partial charge in [-0.2, -0.15) is 10.2 Å². The summed E-state index contributed by atoms with van der Waals surface area (Å²) in [5.41, 5.74) is 4.33. The van der Waals surface area contributed by atoms with Crippen molar-refractivity contribution < 1.29 is 28.7 Å². The molecule has 4 aromatic heterocycles. The van der Waals surface area contributed by atoms with Crippen LogP contribution in [-0.2, 0) is 45.0 Å². The van der Waals surface area contributed by atoms with E-state index in [0.717, 1.165) is 56.5 Å². The number of alkyl carbamates (subject to hydrolysis) is 2. The second kappa shape index (κ2) is 22.7. The van der Waals surface area contributed by atoms with Gasteiger partial charge in [0.1, 0.15) is 34.7 Å². The van der Waals surface area contributed by atoms with Gasteiger partial charge >= 0.3 is 12.2 Å². The molecule has 14 nitrogen and oxygen atoms in total. The van der Waals surface area contributed by atoms with Gasteiger partial charge < -0.3 is 29.9 Å². The van der Waals surface area contributed by atoms with Gasteiger partial charge in [-0.3, -0.25) is 19.0 Å². The highest BCUT2D eigenvalue weighted by molar-refractivity contribution is 8.76. The van der Waals surface area contributed by atoms with Crippen LogP contribution < -0.4 is 10.6 Å². The zero-order valence-corrected chi connectivity index (χ0v) is 43.8. The normalized spacial score (nSPS) is 16.7. The molecule has 6 aromatic rings. The maximum atomic E-state index is 15.0. The number of aryl methyl sites for hydroxylation is 2. The number of hydrogen-bond acceptors (Lipinski definition) is 12. The van der Waals surface area contributed by atoms with Gasteiger partial charge in [-0.15, -0.1) is 22.7 Å². The predicted octanol–water partition coefficient (Wildman–Crippen LogP) is 10.4. The molecule has 0 bridgehead atoms. The van der Waals surface area contributed by atoms with Gasteiger partial charge in [-0.05, 0) is 113 Å². The zero-order chi connectivity index (χ0) is 49.4. The first-order valence-electron chi connectivity index (χ1n) is 23.7. The van der Waals surface area contributed by atoms with Crippen molar-refractivity contribution in [3.8, 4) is 21.1 Å². The highest BCUT2D eigenvalue weighted by Gasteiger charge is 2.39. The molecular formula is C52H62N8O6S4. The third-order valence-electron chi connectivity index (χ3n) is 11.9. The molecular weight excluding hydrogens is 961 g/mol. The van der Waals surface area contributed by atoms with Crippen molar-refractivity contribution in [2.75, 3.05) is 24.6 Å². The second-order valence-electron chi connectivity index (χ2n) is 19.4. The van der Waals surface area contributed by atoms with Gasteiger partial charge in [0.15, 0.2) is 0 Å². The van der Waals surface area contributed by atoms with Gasteiger partial charge in [0.2, 0.25) is 11.8 Å². The summed E-state index contributed by atoms with van der Waals surface area (Å²) in [6.45, 7) is 12.5. The van der Waals surface area contributed by atoms with Crippen LogP contribution in [0.4, 0.5) is 9.59 Å². The van der Waals surface area contributed by atoms with E-state index in [9.17, 15) is 9.59 Å². The molecule has 0 saturated heterocycles. The number of rotatable bonds is 17. The first-order valence-corrected chi connectivity index (χ1v) is 28.0. The van der Waals surface area contributed by atoms with E-state index in [4.69, 9.17) is 19.7 Å². The van der Waals surface area contributed by atoms with E-state index in [1.165, 1.54) is 21.6 Å². The zero-order valence-electron chi connectivity index (χ0n) is 40.5. The lowest BCUT2D eigenvalue weighted by Crippen LogP contribution is -2.54. The van der Waals surface area contributed by atoms with Gasteiger partial charge in [0.25, 0.3) is 0 Å². The summed E-state index contributed by atoms with van der Waals surface area (Å²) in [4.78, 5) is 62.9. The van der Waals surface area contributed by atoms with Gasteiger partial charge in [-0.25, -0.2) is 9.59 Å². The number of fused-ring (bicyclic) bond motifs is 2. The van der Waals surface area contributed by atoms with Gasteiger partial charge in [0, 0.05) is 24.6 Å². The fourth-order valence-corrected chi connectivity index (χ4v) is 12.5. The molecule has 2 aliphatic rings. The van der Waals surface area contributed by atoms with Crippen molar-refractivity contribution >= 4 is 68.3 Å². The van der Waals surface area contributed by atoms with E-state index in [1.54, 1.807) is 64.2 Å². The Morgan fingerprint density at radius 3 is 1.36 bits per heavy atom. The molecule has 0 aliphatic carbocycles. The van der Waals surface area contributed by atoms with E-state index >= 15 is 9.59 Å². The lowest BCUT2D eigenvalue weighted by atomic mass is 9.99. The largest absolute Gasteiger partial charge is 0.444 e. The minimum Gasteiger partial charge on any atom is -0.444 e. The predicted molar refractivity (Wildman–Crippen MR) is 281 cm³/mol. The molecule has 0 spiro atoms. The van der Waals surface area contributed by atoms with Crippen LogP contribution in [0.25, 0.3) is 21.1 Å². The Morgan fingerprint density at radius 1 is 0.600 bits per heavy atom. The number of carbonyl (C=O) groups excluding carboxylic acids is 4. The van der Waals surface area contributed by atoms with E-state index in [1.807, 2.05) is 90.6 Å². The van der Waals surface area contributed by atoms with Crippen molar-refractivity contribution in [3.63, 3.8) is 0 Å². The van der Waals surface area contributed by atoms with Crippen LogP contribution in [0.2, 0.25) is 0 Å². The average molecular weight is 1020 g/mol. The highest BCUT2D eigenvalue weighted by atomic mass is 33.1. The van der Waals surface area contributed by atoms with E-state index in [0.29, 0.717) is 39.0 Å². The first-order chi connectivity index (χ1) is 33.6. The molecule has 2 N–H and O–H groups in total. The minimum atomic E-state index is -0.979. The smallest absolute Gasteiger partial charge is 0.408 e. The first kappa shape index (κ1) is 50.8. The van der Waals surface area contributed by atoms with Gasteiger partial charge in [-0.1, -0.05) is 94.4 Å². The Morgan fingerprint density at radius 2 is 1.00 bits per heavy atom. The third-order valence-corrected chi connectivity index (χ3v) is 16.1. The van der Waals surface area contributed by atoms with E-state index < -0.39 is 35.5 Å². The standard InChI is InChI=1S/C52H62N8O6S4/c1-51(2,3)65-49(63)53-39(47(61)57-25-27-59-43(31-37(55-59)45-19-13-29-67-45)41(57)23-21-35-15-9-7-10-16-35)33-69-70-34-40(54-50(64)66-52(4,5)6)48(62)58-26-28-60-44(32-38(56-60)46-20-14-30-68-46)42(58)24-22-36-17-11-8-12-18-36/h7-20,29-32,39-42H,21-28,33-34H2,1-6H3,(H,53,63)(H,54,64)/t39-,40?,41?,42?/m0/s1. The Bertz CT molecular complexity index is 2490. The molecule has 6 heterocycles.